The minimum atomic E-state index is -1.18. The Morgan fingerprint density at radius 3 is 1.10 bits per heavy atom. The SMILES string of the molecule is C.CCOC(=O)c1cn2c(c(OCc3ccccc3)c1=O)C(=O)N[C@H]1CCCC[C@@H]12.CCOC(=O)c1occ(C(=O)OCC)c(=O)c1OCc1ccccc1.NCc1c(F)cc(F)cc1F.N[C@H]1CCCC[C@@H]1N.O=C(NCc1c(F)cc(F)cc1F)c1cn2c(c(O)c1=O)C(=O)N[C@H]1CCCC[C@@H]12.O=C(NCc1c(F)cc(F)cc1F)c1cn2c(c(OCc3ccccc3)c1=O)C(=O)N[C@H]1CCCC[C@@H]12.O=CO[O-].[Na+]. The van der Waals surface area contributed by atoms with Crippen LogP contribution in [0.3, 0.4) is 0 Å². The minimum absolute atomic E-state index is 0. The average molecular weight is 2050 g/mol. The summed E-state index contributed by atoms with van der Waals surface area (Å²) in [5, 5.41) is 32.0. The molecule has 0 radical (unpaired) electrons. The van der Waals surface area contributed by atoms with Crippen molar-refractivity contribution in [2.24, 2.45) is 17.2 Å². The number of hydrogen-bond acceptors (Lipinski definition) is 26. The maximum absolute atomic E-state index is 14.1. The molecule has 8 atom stereocenters. The quantitative estimate of drug-likeness (QED) is 0.00547. The summed E-state index contributed by atoms with van der Waals surface area (Å²) in [6, 6.07) is 30.4. The van der Waals surface area contributed by atoms with Crippen LogP contribution in [0, 0.1) is 52.4 Å². The van der Waals surface area contributed by atoms with Crippen LogP contribution in [0.2, 0.25) is 0 Å². The molecule has 4 aliphatic carbocycles. The van der Waals surface area contributed by atoms with E-state index < -0.39 is 157 Å². The van der Waals surface area contributed by atoms with E-state index in [9.17, 15) is 102 Å². The van der Waals surface area contributed by atoms with E-state index in [0.717, 1.165) is 106 Å². The second-order valence-corrected chi connectivity index (χ2v) is 33.7. The zero-order valence-electron chi connectivity index (χ0n) is 79.2. The van der Waals surface area contributed by atoms with E-state index >= 15 is 0 Å². The van der Waals surface area contributed by atoms with Crippen LogP contribution in [-0.2, 0) is 63.3 Å². The van der Waals surface area contributed by atoms with Crippen molar-refractivity contribution in [1.82, 2.24) is 40.3 Å². The molecule has 17 rings (SSSR count). The van der Waals surface area contributed by atoms with Crippen LogP contribution in [0.5, 0.6) is 23.0 Å². The number of nitrogens with one attached hydrogen (secondary N) is 5. The zero-order chi connectivity index (χ0) is 104. The Balaban J connectivity index is 0.000000202. The molecule has 3 aliphatic heterocycles. The van der Waals surface area contributed by atoms with Crippen LogP contribution in [0.1, 0.15) is 266 Å². The number of esters is 3. The van der Waals surface area contributed by atoms with Gasteiger partial charge in [0, 0.05) is 122 Å². The van der Waals surface area contributed by atoms with E-state index in [0.29, 0.717) is 42.8 Å². The van der Waals surface area contributed by atoms with Gasteiger partial charge in [-0.25, -0.2) is 53.9 Å². The van der Waals surface area contributed by atoms with Gasteiger partial charge in [-0.15, -0.1) is 0 Å². The number of ether oxygens (including phenoxy) is 6. The Kier molecular flexibility index (Phi) is 43.6. The van der Waals surface area contributed by atoms with Gasteiger partial charge in [-0.1, -0.05) is 150 Å². The number of carbonyl (C=O) groups excluding carboxylic acids is 9. The third kappa shape index (κ3) is 29.1. The summed E-state index contributed by atoms with van der Waals surface area (Å²) >= 11 is 0. The molecule has 7 aliphatic rings. The van der Waals surface area contributed by atoms with Gasteiger partial charge in [0.15, 0.2) is 34.3 Å². The molecule has 4 saturated carbocycles. The molecule has 4 fully saturated rings. The molecule has 10 aromatic rings. The first kappa shape index (κ1) is 115. The third-order valence-electron chi connectivity index (χ3n) is 24.3. The predicted octanol–water partition coefficient (Wildman–Crippen LogP) is 9.39. The Morgan fingerprint density at radius 2 is 0.740 bits per heavy atom. The fraction of sp³-hybridized carbons (Fsp3) is 0.363. The first-order chi connectivity index (χ1) is 69.1. The molecular formula is C102H109F9N11NaO23. The first-order valence-corrected chi connectivity index (χ1v) is 46.2. The monoisotopic (exact) mass is 2050 g/mol. The zero-order valence-corrected chi connectivity index (χ0v) is 81.2. The largest absolute Gasteiger partial charge is 1.00 e. The summed E-state index contributed by atoms with van der Waals surface area (Å²) in [7, 11) is 0. The molecule has 774 valence electrons. The summed E-state index contributed by atoms with van der Waals surface area (Å²) in [5.74, 6) is -17.4. The van der Waals surface area contributed by atoms with Crippen molar-refractivity contribution in [3.63, 3.8) is 0 Å². The van der Waals surface area contributed by atoms with E-state index in [4.69, 9.17) is 60.1 Å². The number of rotatable bonds is 23. The maximum Gasteiger partial charge on any atom is 1.00 e. The molecule has 0 saturated heterocycles. The van der Waals surface area contributed by atoms with Gasteiger partial charge in [0.25, 0.3) is 41.8 Å². The third-order valence-corrected chi connectivity index (χ3v) is 24.3. The van der Waals surface area contributed by atoms with Crippen LogP contribution >= 0.6 is 0 Å². The smallest absolute Gasteiger partial charge is 0.662 e. The van der Waals surface area contributed by atoms with Gasteiger partial charge in [-0.3, -0.25) is 47.9 Å². The molecule has 6 aromatic carbocycles. The number of halogens is 9. The van der Waals surface area contributed by atoms with Gasteiger partial charge in [0.05, 0.1) is 37.9 Å². The van der Waals surface area contributed by atoms with Crippen LogP contribution in [0.4, 0.5) is 39.5 Å². The predicted molar refractivity (Wildman–Crippen MR) is 503 cm³/mol. The average Bonchev–Trinajstić information content (AvgIpc) is 0.767. The fourth-order valence-electron chi connectivity index (χ4n) is 17.2. The molecule has 12 N–H and O–H groups in total. The van der Waals surface area contributed by atoms with Gasteiger partial charge < -0.3 is 106 Å². The van der Waals surface area contributed by atoms with E-state index in [1.54, 1.807) is 66.3 Å². The number of benzene rings is 6. The summed E-state index contributed by atoms with van der Waals surface area (Å²) < 4.78 is 161. The van der Waals surface area contributed by atoms with Crippen molar-refractivity contribution < 1.29 is 160 Å². The van der Waals surface area contributed by atoms with Gasteiger partial charge in [-0.2, -0.15) is 0 Å². The van der Waals surface area contributed by atoms with E-state index in [2.05, 4.69) is 31.5 Å². The number of carbonyl (C=O) groups is 9. The second kappa shape index (κ2) is 55.2. The fourth-order valence-corrected chi connectivity index (χ4v) is 17.2. The standard InChI is InChI=1S/C27H24F3N3O4.C22H24N2O5.C20H18F3N3O4.C18H18O7.C7H6F3N.C6H14N2.CH2O3.CH4.Na/c28-16-10-19(29)17(20(30)11-16)12-31-26(35)18-13-33-22-9-5-4-8-21(22)32-27(36)23(33)25(24(18)34)37-14-15-6-2-1-3-7-15;1-2-28-22(27)15-12-24-17-11-7-6-10-16(17)23-21(26)18(24)20(19(15)25)29-13-14-8-4-3-5-9-14;21-9-5-12(22)10(13(23)6-9)7-24-19(29)11-8-26-15-4-2-1-3-14(15)25-20(30)16(26)18(28)17(11)27;1-3-22-17(20)13-11-25-16(18(21)23-4-2)15(14(13)19)24-10-12-8-6-5-7-9-12;8-4-1-6(9)5(3-11)7(10)2-4;7-5-3-1-2-4-6(5)8;2-1-4-3;;/h1-3,6-7,10-11,13,21-22H,4-5,8-9,12,14H2,(H,31,35)(H,32,36);3-5,8-9,12,16-17H,2,6-7,10-11,13H2,1H3,(H,23,26);5-6,8,14-15,28H,1-4,7H2,(H,24,29)(H,25,30);5-9,11H,3-4,10H2,1-2H3;1-2H,3,11H2;5-6H,1-4,7-8H2;1,3H;1H4;/q;;;;;;;;+1/p-1/t21-,22-;16-,17-;14-,15-;;;5-,6-;;;/m000..0.../s1. The number of aromatic nitrogens is 3. The molecule has 34 nitrogen and oxygen atoms in total. The molecular weight excluding hydrogens is 1940 g/mol. The van der Waals surface area contributed by atoms with Gasteiger partial charge in [0.1, 0.15) is 101 Å². The van der Waals surface area contributed by atoms with Crippen molar-refractivity contribution in [2.75, 3.05) is 19.8 Å². The number of nitrogens with two attached hydrogens (primary N) is 3. The first-order valence-electron chi connectivity index (χ1n) is 46.2. The van der Waals surface area contributed by atoms with Crippen molar-refractivity contribution in [2.45, 2.75) is 219 Å². The van der Waals surface area contributed by atoms with Crippen molar-refractivity contribution >= 4 is 53.9 Å². The summed E-state index contributed by atoms with van der Waals surface area (Å²) in [4.78, 5) is 163. The van der Waals surface area contributed by atoms with E-state index in [1.807, 2.05) is 54.6 Å². The van der Waals surface area contributed by atoms with Crippen LogP contribution < -0.4 is 115 Å². The maximum atomic E-state index is 14.1. The Labute approximate surface area is 852 Å². The van der Waals surface area contributed by atoms with Crippen LogP contribution in [0.15, 0.2) is 176 Å². The number of pyridine rings is 3. The summed E-state index contributed by atoms with van der Waals surface area (Å²) in [6.07, 6.45) is 20.0. The van der Waals surface area contributed by atoms with Crippen molar-refractivity contribution in [1.29, 1.82) is 0 Å². The number of aromatic hydroxyl groups is 1. The summed E-state index contributed by atoms with van der Waals surface area (Å²) in [6.45, 7) is 3.71. The van der Waals surface area contributed by atoms with Gasteiger partial charge in [-0.05, 0) is 88.8 Å². The number of hydrogen-bond donors (Lipinski definition) is 9. The van der Waals surface area contributed by atoms with Crippen molar-refractivity contribution in [3.8, 4) is 23.0 Å². The molecule has 0 bridgehead atoms. The van der Waals surface area contributed by atoms with E-state index in [1.165, 1.54) is 36.0 Å². The second-order valence-electron chi connectivity index (χ2n) is 33.7. The number of amides is 5. The Bertz CT molecular complexity index is 6490. The molecule has 4 aromatic heterocycles. The normalized spacial score (nSPS) is 17.7. The number of fused-ring (bicyclic) bond motifs is 9. The van der Waals surface area contributed by atoms with Gasteiger partial charge in [0.2, 0.25) is 27.5 Å². The molecule has 7 heterocycles. The van der Waals surface area contributed by atoms with Crippen LogP contribution in [0.25, 0.3) is 0 Å². The molecule has 146 heavy (non-hydrogen) atoms. The molecule has 0 spiro atoms. The molecule has 5 amide bonds. The number of nitrogens with zero attached hydrogens (tertiary/aromatic N) is 3. The van der Waals surface area contributed by atoms with Gasteiger partial charge >= 0.3 is 47.5 Å². The molecule has 44 heteroatoms. The van der Waals surface area contributed by atoms with E-state index in [-0.39, 0.29) is 200 Å². The minimum Gasteiger partial charge on any atom is -0.662 e. The molecule has 0 unspecified atom stereocenters. The van der Waals surface area contributed by atoms with Crippen molar-refractivity contribution in [3.05, 3.63) is 324 Å². The summed E-state index contributed by atoms with van der Waals surface area (Å²) in [5.41, 5.74) is 12.8. The topological polar surface area (TPSA) is 496 Å². The van der Waals surface area contributed by atoms with Crippen LogP contribution in [-0.4, -0.2) is 123 Å². The Morgan fingerprint density at radius 1 is 0.438 bits per heavy atom. The Hall–Kier alpha value is -14.2.